The fraction of sp³-hybridized carbons (Fsp3) is 0.600. The van der Waals surface area contributed by atoms with E-state index in [4.69, 9.17) is 4.74 Å². The molecule has 0 N–H and O–H groups in total. The van der Waals surface area contributed by atoms with Gasteiger partial charge < -0.3 is 9.64 Å². The van der Waals surface area contributed by atoms with E-state index in [1.54, 1.807) is 7.11 Å². The molecule has 0 spiro atoms. The summed E-state index contributed by atoms with van der Waals surface area (Å²) in [4.78, 5) is 2.35. The van der Waals surface area contributed by atoms with Crippen LogP contribution in [0.3, 0.4) is 0 Å². The van der Waals surface area contributed by atoms with Gasteiger partial charge in [0.25, 0.3) is 0 Å². The molecule has 0 aliphatic heterocycles. The highest BCUT2D eigenvalue weighted by Crippen LogP contribution is 2.10. The van der Waals surface area contributed by atoms with Crippen LogP contribution in [0.2, 0.25) is 0 Å². The third kappa shape index (κ3) is 4.13. The van der Waals surface area contributed by atoms with Crippen molar-refractivity contribution < 1.29 is 4.74 Å². The molecule has 0 fully saturated rings. The zero-order chi connectivity index (χ0) is 11.3. The average Bonchev–Trinajstić information content (AvgIpc) is 2.18. The Kier molecular flexibility index (Phi) is 4.98. The highest BCUT2D eigenvalue weighted by atomic mass is 79.9. The van der Waals surface area contributed by atoms with Crippen LogP contribution in [-0.2, 0) is 4.74 Å². The van der Waals surface area contributed by atoms with Crippen LogP contribution in [0.1, 0.15) is 5.69 Å². The van der Waals surface area contributed by atoms with Gasteiger partial charge >= 0.3 is 0 Å². The third-order valence-corrected chi connectivity index (χ3v) is 2.55. The van der Waals surface area contributed by atoms with Crippen LogP contribution in [0.25, 0.3) is 0 Å². The summed E-state index contributed by atoms with van der Waals surface area (Å²) in [5, 5.41) is 8.12. The maximum Gasteiger partial charge on any atom is 0.151 e. The number of halogens is 1. The number of aryl methyl sites for hydroxylation is 1. The van der Waals surface area contributed by atoms with Crippen LogP contribution in [0.15, 0.2) is 12.1 Å². The van der Waals surface area contributed by atoms with Crippen LogP contribution in [0.5, 0.6) is 0 Å². The lowest BCUT2D eigenvalue weighted by Crippen LogP contribution is -2.29. The van der Waals surface area contributed by atoms with E-state index < -0.39 is 0 Å². The molecule has 1 aromatic rings. The van der Waals surface area contributed by atoms with Crippen LogP contribution in [-0.4, -0.2) is 42.3 Å². The van der Waals surface area contributed by atoms with Crippen molar-refractivity contribution in [3.63, 3.8) is 0 Å². The third-order valence-electron chi connectivity index (χ3n) is 1.99. The quantitative estimate of drug-likeness (QED) is 0.765. The molecule has 1 atom stereocenters. The second-order valence-electron chi connectivity index (χ2n) is 3.47. The number of methoxy groups -OCH3 is 1. The molecule has 1 aromatic heterocycles. The van der Waals surface area contributed by atoms with Crippen molar-refractivity contribution in [2.45, 2.75) is 11.8 Å². The summed E-state index contributed by atoms with van der Waals surface area (Å²) in [7, 11) is 3.68. The predicted octanol–water partition coefficient (Wildman–Crippen LogP) is 1.63. The fourth-order valence-corrected chi connectivity index (χ4v) is 1.92. The molecule has 0 radical (unpaired) electrons. The lowest BCUT2D eigenvalue weighted by Gasteiger charge is -2.20. The number of nitrogens with zero attached hydrogens (tertiary/aromatic N) is 3. The van der Waals surface area contributed by atoms with Gasteiger partial charge in [-0.25, -0.2) is 0 Å². The van der Waals surface area contributed by atoms with Crippen LogP contribution in [0.4, 0.5) is 5.82 Å². The van der Waals surface area contributed by atoms with Crippen molar-refractivity contribution in [2.24, 2.45) is 0 Å². The number of hydrogen-bond acceptors (Lipinski definition) is 4. The van der Waals surface area contributed by atoms with Gasteiger partial charge in [0.05, 0.1) is 17.1 Å². The van der Waals surface area contributed by atoms with Crippen molar-refractivity contribution in [3.05, 3.63) is 17.8 Å². The molecule has 15 heavy (non-hydrogen) atoms. The van der Waals surface area contributed by atoms with Gasteiger partial charge in [-0.1, -0.05) is 15.9 Å². The van der Waals surface area contributed by atoms with Gasteiger partial charge in [0, 0.05) is 20.7 Å². The second-order valence-corrected chi connectivity index (χ2v) is 4.76. The Morgan fingerprint density at radius 2 is 2.20 bits per heavy atom. The Labute approximate surface area is 98.8 Å². The fourth-order valence-electron chi connectivity index (χ4n) is 1.22. The van der Waals surface area contributed by atoms with Gasteiger partial charge in [0.1, 0.15) is 0 Å². The maximum absolute atomic E-state index is 5.05. The molecule has 0 saturated heterocycles. The lowest BCUT2D eigenvalue weighted by atomic mass is 10.3. The van der Waals surface area contributed by atoms with Crippen molar-refractivity contribution in [3.8, 4) is 0 Å². The van der Waals surface area contributed by atoms with Gasteiger partial charge in [0.15, 0.2) is 5.82 Å². The van der Waals surface area contributed by atoms with Gasteiger partial charge in [-0.05, 0) is 19.1 Å². The topological polar surface area (TPSA) is 38.2 Å². The lowest BCUT2D eigenvalue weighted by molar-refractivity contribution is 0.201. The normalized spacial score (nSPS) is 12.5. The van der Waals surface area contributed by atoms with Crippen molar-refractivity contribution in [2.75, 3.05) is 32.2 Å². The second kappa shape index (κ2) is 6.02. The summed E-state index contributed by atoms with van der Waals surface area (Å²) < 4.78 is 5.05. The number of anilines is 1. The average molecular weight is 274 g/mol. The molecule has 0 amide bonds. The summed E-state index contributed by atoms with van der Waals surface area (Å²) in [5.41, 5.74) is 0.930. The molecular weight excluding hydrogens is 258 g/mol. The Balaban J connectivity index is 2.53. The van der Waals surface area contributed by atoms with E-state index in [-0.39, 0.29) is 0 Å². The monoisotopic (exact) mass is 273 g/mol. The molecule has 0 saturated carbocycles. The van der Waals surface area contributed by atoms with E-state index in [9.17, 15) is 0 Å². The van der Waals surface area contributed by atoms with Crippen molar-refractivity contribution >= 4 is 21.7 Å². The summed E-state index contributed by atoms with van der Waals surface area (Å²) >= 11 is 3.54. The highest BCUT2D eigenvalue weighted by Gasteiger charge is 2.09. The molecule has 0 aliphatic carbocycles. The SMILES string of the molecule is COCC(Br)CN(C)c1ccc(C)nn1. The van der Waals surface area contributed by atoms with E-state index in [0.717, 1.165) is 18.1 Å². The van der Waals surface area contributed by atoms with Gasteiger partial charge in [-0.15, -0.1) is 5.10 Å². The van der Waals surface area contributed by atoms with E-state index in [2.05, 4.69) is 26.1 Å². The number of rotatable bonds is 5. The number of aromatic nitrogens is 2. The number of hydrogen-bond donors (Lipinski definition) is 0. The summed E-state index contributed by atoms with van der Waals surface area (Å²) in [6.45, 7) is 3.45. The Morgan fingerprint density at radius 1 is 1.47 bits per heavy atom. The first-order chi connectivity index (χ1) is 7.13. The van der Waals surface area contributed by atoms with Crippen molar-refractivity contribution in [1.82, 2.24) is 10.2 Å². The van der Waals surface area contributed by atoms with E-state index >= 15 is 0 Å². The Bertz CT molecular complexity index is 291. The van der Waals surface area contributed by atoms with Gasteiger partial charge in [-0.2, -0.15) is 5.10 Å². The van der Waals surface area contributed by atoms with Crippen LogP contribution in [0, 0.1) is 6.92 Å². The molecular formula is C10H16BrN3O. The number of ether oxygens (including phenoxy) is 1. The smallest absolute Gasteiger partial charge is 0.151 e. The molecule has 0 aromatic carbocycles. The molecule has 1 rings (SSSR count). The Hall–Kier alpha value is -0.680. The Morgan fingerprint density at radius 3 is 2.73 bits per heavy atom. The number of alkyl halides is 1. The minimum Gasteiger partial charge on any atom is -0.383 e. The first kappa shape index (κ1) is 12.4. The van der Waals surface area contributed by atoms with E-state index in [1.165, 1.54) is 0 Å². The largest absolute Gasteiger partial charge is 0.383 e. The standard InChI is InChI=1S/C10H16BrN3O/c1-8-4-5-10(13-12-8)14(2)6-9(11)7-15-3/h4-5,9H,6-7H2,1-3H3. The molecule has 84 valence electrons. The molecule has 5 heteroatoms. The molecule has 4 nitrogen and oxygen atoms in total. The first-order valence-electron chi connectivity index (χ1n) is 4.78. The van der Waals surface area contributed by atoms with Crippen LogP contribution >= 0.6 is 15.9 Å². The van der Waals surface area contributed by atoms with E-state index in [0.29, 0.717) is 11.4 Å². The van der Waals surface area contributed by atoms with Gasteiger partial charge in [-0.3, -0.25) is 0 Å². The van der Waals surface area contributed by atoms with E-state index in [1.807, 2.05) is 31.0 Å². The summed E-state index contributed by atoms with van der Waals surface area (Å²) in [6, 6.07) is 3.92. The summed E-state index contributed by atoms with van der Waals surface area (Å²) in [5.74, 6) is 0.876. The molecule has 0 aliphatic rings. The minimum absolute atomic E-state index is 0.301. The maximum atomic E-state index is 5.05. The minimum atomic E-state index is 0.301. The van der Waals surface area contributed by atoms with Gasteiger partial charge in [0.2, 0.25) is 0 Å². The zero-order valence-electron chi connectivity index (χ0n) is 9.27. The molecule has 1 heterocycles. The predicted molar refractivity (Wildman–Crippen MR) is 64.6 cm³/mol. The van der Waals surface area contributed by atoms with Crippen molar-refractivity contribution in [1.29, 1.82) is 0 Å². The molecule has 0 bridgehead atoms. The van der Waals surface area contributed by atoms with Crippen LogP contribution < -0.4 is 4.90 Å². The first-order valence-corrected chi connectivity index (χ1v) is 5.69. The molecule has 1 unspecified atom stereocenters. The highest BCUT2D eigenvalue weighted by molar-refractivity contribution is 9.09. The zero-order valence-corrected chi connectivity index (χ0v) is 10.9. The summed E-state index contributed by atoms with van der Waals surface area (Å²) in [6.07, 6.45) is 0.